The van der Waals surface area contributed by atoms with Crippen molar-refractivity contribution >= 4 is 18.9 Å². The third-order valence-corrected chi connectivity index (χ3v) is 4.70. The van der Waals surface area contributed by atoms with Gasteiger partial charge in [-0.1, -0.05) is 63.2 Å². The van der Waals surface area contributed by atoms with Gasteiger partial charge in [-0.15, -0.1) is 0 Å². The summed E-state index contributed by atoms with van der Waals surface area (Å²) in [5.41, 5.74) is 2.52. The lowest BCUT2D eigenvalue weighted by Gasteiger charge is -2.23. The highest BCUT2D eigenvalue weighted by Gasteiger charge is 2.29. The molecule has 0 spiro atoms. The van der Waals surface area contributed by atoms with Gasteiger partial charge < -0.3 is 20.7 Å². The van der Waals surface area contributed by atoms with Crippen LogP contribution in [0.25, 0.3) is 11.1 Å². The molecule has 0 aliphatic heterocycles. The Morgan fingerprint density at radius 3 is 2.03 bits per heavy atom. The van der Waals surface area contributed by atoms with Crippen molar-refractivity contribution in [1.29, 1.82) is 0 Å². The molecule has 0 radical (unpaired) electrons. The van der Waals surface area contributed by atoms with Crippen LogP contribution in [-0.4, -0.2) is 41.0 Å². The first-order chi connectivity index (χ1) is 13.8. The van der Waals surface area contributed by atoms with Crippen molar-refractivity contribution in [2.45, 2.75) is 45.6 Å². The van der Waals surface area contributed by atoms with E-state index in [-0.39, 0.29) is 11.8 Å². The van der Waals surface area contributed by atoms with Crippen LogP contribution in [0.3, 0.4) is 0 Å². The van der Waals surface area contributed by atoms with Crippen molar-refractivity contribution in [1.82, 2.24) is 10.6 Å². The summed E-state index contributed by atoms with van der Waals surface area (Å²) in [6.45, 7) is 5.65. The van der Waals surface area contributed by atoms with Crippen LogP contribution >= 0.6 is 0 Å². The average molecular weight is 396 g/mol. The average Bonchev–Trinajstić information content (AvgIpc) is 2.71. The topological polar surface area (TPSA) is 98.7 Å². The summed E-state index contributed by atoms with van der Waals surface area (Å²) >= 11 is 0. The van der Waals surface area contributed by atoms with Gasteiger partial charge in [-0.05, 0) is 42.0 Å². The molecule has 0 aliphatic carbocycles. The molecule has 2 aromatic rings. The molecule has 29 heavy (non-hydrogen) atoms. The number of nitrogens with one attached hydrogen (secondary N) is 2. The Hall–Kier alpha value is -2.64. The van der Waals surface area contributed by atoms with Crippen LogP contribution in [0.2, 0.25) is 0 Å². The molecule has 0 saturated carbocycles. The van der Waals surface area contributed by atoms with Gasteiger partial charge in [-0.3, -0.25) is 9.59 Å². The highest BCUT2D eigenvalue weighted by Crippen LogP contribution is 2.19. The summed E-state index contributed by atoms with van der Waals surface area (Å²) in [5.74, 6) is -1.38. The summed E-state index contributed by atoms with van der Waals surface area (Å²) in [4.78, 5) is 25.1. The Balaban J connectivity index is 2.02. The minimum Gasteiger partial charge on any atom is -0.426 e. The van der Waals surface area contributed by atoms with E-state index in [1.54, 1.807) is 19.1 Å². The molecule has 0 bridgehead atoms. The largest absolute Gasteiger partial charge is 0.475 e. The molecule has 6 nitrogen and oxygen atoms in total. The Bertz CT molecular complexity index is 794. The summed E-state index contributed by atoms with van der Waals surface area (Å²) < 4.78 is 0. The van der Waals surface area contributed by atoms with E-state index in [0.29, 0.717) is 18.4 Å². The van der Waals surface area contributed by atoms with Crippen LogP contribution in [0.4, 0.5) is 0 Å². The van der Waals surface area contributed by atoms with Gasteiger partial charge in [0.15, 0.2) is 0 Å². The van der Waals surface area contributed by atoms with Crippen LogP contribution in [-0.2, 0) is 4.79 Å². The molecule has 2 atom stereocenters. The fraction of sp³-hybridized carbons (Fsp3) is 0.364. The molecular formula is C22H29BN2O4. The normalized spacial score (nSPS) is 12.9. The zero-order valence-electron chi connectivity index (χ0n) is 17.1. The molecule has 0 heterocycles. The number of rotatable bonds is 9. The second-order valence-corrected chi connectivity index (χ2v) is 7.54. The zero-order chi connectivity index (χ0) is 21.4. The maximum absolute atomic E-state index is 12.6. The van der Waals surface area contributed by atoms with Crippen molar-refractivity contribution in [3.8, 4) is 11.1 Å². The maximum Gasteiger partial charge on any atom is 0.475 e. The van der Waals surface area contributed by atoms with E-state index >= 15 is 0 Å². The molecule has 0 aromatic heterocycles. The number of hydrogen-bond acceptors (Lipinski definition) is 4. The third-order valence-electron chi connectivity index (χ3n) is 4.70. The van der Waals surface area contributed by atoms with E-state index in [4.69, 9.17) is 0 Å². The highest BCUT2D eigenvalue weighted by molar-refractivity contribution is 6.43. The minimum atomic E-state index is -1.65. The highest BCUT2D eigenvalue weighted by atomic mass is 16.4. The van der Waals surface area contributed by atoms with Crippen LogP contribution in [0.15, 0.2) is 54.6 Å². The van der Waals surface area contributed by atoms with Gasteiger partial charge in [-0.2, -0.15) is 0 Å². The molecule has 4 N–H and O–H groups in total. The standard InChI is InChI=1S/C22H29BN2O4/c1-4-19(22(27)25-20(23(28)29)14-15(2)3)24-21(26)18-12-10-17(11-13-18)16-8-6-5-7-9-16/h5-13,15,19-20,28-29H,4,14H2,1-3H3,(H,24,26)(H,25,27). The van der Waals surface area contributed by atoms with Gasteiger partial charge in [0.25, 0.3) is 5.91 Å². The zero-order valence-corrected chi connectivity index (χ0v) is 17.1. The molecule has 2 unspecified atom stereocenters. The lowest BCUT2D eigenvalue weighted by Crippen LogP contribution is -2.54. The van der Waals surface area contributed by atoms with E-state index in [9.17, 15) is 19.6 Å². The molecule has 0 aliphatic rings. The second kappa shape index (κ2) is 10.8. The predicted octanol–water partition coefficient (Wildman–Crippen LogP) is 2.40. The van der Waals surface area contributed by atoms with Crippen molar-refractivity contribution in [3.05, 3.63) is 60.2 Å². The van der Waals surface area contributed by atoms with Crippen LogP contribution in [0.5, 0.6) is 0 Å². The van der Waals surface area contributed by atoms with Gasteiger partial charge in [0.05, 0.1) is 5.94 Å². The molecule has 0 saturated heterocycles. The minimum absolute atomic E-state index is 0.180. The van der Waals surface area contributed by atoms with Crippen molar-refractivity contribution in [2.24, 2.45) is 5.92 Å². The van der Waals surface area contributed by atoms with E-state index in [1.807, 2.05) is 56.3 Å². The summed E-state index contributed by atoms with van der Waals surface area (Å²) in [7, 11) is -1.65. The Kier molecular flexibility index (Phi) is 8.42. The third kappa shape index (κ3) is 6.73. The molecule has 154 valence electrons. The Labute approximate surface area is 172 Å². The summed E-state index contributed by atoms with van der Waals surface area (Å²) in [5, 5.41) is 24.4. The van der Waals surface area contributed by atoms with Crippen molar-refractivity contribution in [2.75, 3.05) is 0 Å². The smallest absolute Gasteiger partial charge is 0.426 e. The fourth-order valence-corrected chi connectivity index (χ4v) is 3.09. The molecule has 2 rings (SSSR count). The van der Waals surface area contributed by atoms with E-state index in [1.165, 1.54) is 0 Å². The first-order valence-corrected chi connectivity index (χ1v) is 9.94. The number of amides is 2. The lowest BCUT2D eigenvalue weighted by molar-refractivity contribution is -0.123. The molecule has 7 heteroatoms. The van der Waals surface area contributed by atoms with E-state index in [2.05, 4.69) is 10.6 Å². The number of hydrogen-bond donors (Lipinski definition) is 4. The lowest BCUT2D eigenvalue weighted by atomic mass is 9.75. The van der Waals surface area contributed by atoms with Crippen molar-refractivity contribution in [3.63, 3.8) is 0 Å². The maximum atomic E-state index is 12.6. The van der Waals surface area contributed by atoms with Gasteiger partial charge in [0, 0.05) is 5.56 Å². The molecule has 2 amide bonds. The van der Waals surface area contributed by atoms with Crippen LogP contribution in [0, 0.1) is 5.92 Å². The van der Waals surface area contributed by atoms with Gasteiger partial charge >= 0.3 is 7.12 Å². The predicted molar refractivity (Wildman–Crippen MR) is 115 cm³/mol. The second-order valence-electron chi connectivity index (χ2n) is 7.54. The number of benzene rings is 2. The number of carbonyl (C=O) groups is 2. The molecular weight excluding hydrogens is 367 g/mol. The van der Waals surface area contributed by atoms with Gasteiger partial charge in [-0.25, -0.2) is 0 Å². The summed E-state index contributed by atoms with van der Waals surface area (Å²) in [6.07, 6.45) is 0.810. The van der Waals surface area contributed by atoms with E-state index < -0.39 is 25.0 Å². The monoisotopic (exact) mass is 396 g/mol. The quantitative estimate of drug-likeness (QED) is 0.489. The summed E-state index contributed by atoms with van der Waals surface area (Å²) in [6, 6.07) is 16.3. The molecule has 0 fully saturated rings. The van der Waals surface area contributed by atoms with E-state index in [0.717, 1.165) is 11.1 Å². The fourth-order valence-electron chi connectivity index (χ4n) is 3.09. The van der Waals surface area contributed by atoms with Gasteiger partial charge in [0.2, 0.25) is 5.91 Å². The Morgan fingerprint density at radius 1 is 0.931 bits per heavy atom. The van der Waals surface area contributed by atoms with Gasteiger partial charge in [0.1, 0.15) is 6.04 Å². The SMILES string of the molecule is CCC(NC(=O)c1ccc(-c2ccccc2)cc1)C(=O)NC(CC(C)C)B(O)O. The first kappa shape index (κ1) is 22.7. The number of carbonyl (C=O) groups excluding carboxylic acids is 2. The van der Waals surface area contributed by atoms with Crippen LogP contribution in [0.1, 0.15) is 44.0 Å². The Morgan fingerprint density at radius 2 is 1.52 bits per heavy atom. The first-order valence-electron chi connectivity index (χ1n) is 9.94. The van der Waals surface area contributed by atoms with Crippen LogP contribution < -0.4 is 10.6 Å². The van der Waals surface area contributed by atoms with Crippen molar-refractivity contribution < 1.29 is 19.6 Å². The molecule has 2 aromatic carbocycles.